The number of hydrogen-bond acceptors (Lipinski definition) is 11. The Hall–Kier alpha value is -1.42. The number of amidine groups is 2. The van der Waals surface area contributed by atoms with Crippen molar-refractivity contribution in [1.29, 1.82) is 0 Å². The fraction of sp³-hybridized carbons (Fsp3) is 0.917. The van der Waals surface area contributed by atoms with Crippen molar-refractivity contribution in [2.45, 2.75) is 127 Å². The molecule has 216 valence electrons. The molecular formula is C24H46N4O9. The first-order valence-electron chi connectivity index (χ1n) is 13.2. The van der Waals surface area contributed by atoms with Gasteiger partial charge in [-0.15, -0.1) is 0 Å². The van der Waals surface area contributed by atoms with Crippen LogP contribution >= 0.6 is 0 Å². The maximum Gasteiger partial charge on any atom is 0.189 e. The van der Waals surface area contributed by atoms with Crippen molar-refractivity contribution < 1.29 is 44.8 Å². The minimum atomic E-state index is -1.69. The van der Waals surface area contributed by atoms with Crippen LogP contribution in [-0.4, -0.2) is 117 Å². The van der Waals surface area contributed by atoms with Crippen molar-refractivity contribution in [3.05, 3.63) is 0 Å². The second-order valence-corrected chi connectivity index (χ2v) is 9.74. The van der Waals surface area contributed by atoms with Crippen LogP contribution in [0.15, 0.2) is 9.98 Å². The third kappa shape index (κ3) is 9.37. The van der Waals surface area contributed by atoms with Crippen LogP contribution in [0.3, 0.4) is 0 Å². The summed E-state index contributed by atoms with van der Waals surface area (Å²) in [7, 11) is 0. The summed E-state index contributed by atoms with van der Waals surface area (Å²) in [6, 6.07) is 0. The molecule has 2 saturated heterocycles. The van der Waals surface area contributed by atoms with Gasteiger partial charge in [0.1, 0.15) is 48.8 Å². The van der Waals surface area contributed by atoms with E-state index in [9.17, 15) is 30.6 Å². The molecule has 2 aliphatic heterocycles. The molecule has 2 rings (SSSR count). The van der Waals surface area contributed by atoms with Crippen LogP contribution in [0.1, 0.15) is 65.2 Å². The highest BCUT2D eigenvalue weighted by Gasteiger charge is 2.49. The van der Waals surface area contributed by atoms with Crippen LogP contribution < -0.4 is 11.5 Å². The van der Waals surface area contributed by atoms with Gasteiger partial charge in [-0.3, -0.25) is 9.98 Å². The minimum absolute atomic E-state index is 0.0904. The number of unbranched alkanes of at least 4 members (excludes halogenated alkanes) is 4. The van der Waals surface area contributed by atoms with E-state index >= 15 is 0 Å². The number of ether oxygens (including phenoxy) is 3. The van der Waals surface area contributed by atoms with Gasteiger partial charge in [0.15, 0.2) is 12.6 Å². The Balaban J connectivity index is 2.03. The van der Waals surface area contributed by atoms with Crippen LogP contribution in [0, 0.1) is 0 Å². The molecule has 0 saturated carbocycles. The van der Waals surface area contributed by atoms with Crippen molar-refractivity contribution in [2.75, 3.05) is 13.1 Å². The Morgan fingerprint density at radius 1 is 0.622 bits per heavy atom. The molecule has 0 aromatic rings. The van der Waals surface area contributed by atoms with Gasteiger partial charge in [0.2, 0.25) is 0 Å². The lowest BCUT2D eigenvalue weighted by Gasteiger charge is -2.44. The maximum atomic E-state index is 10.4. The SMILES string of the molecule is CCCCCC(N)=NC[C@H]1O[C@H](O[C@H]2O[C@H](CN=C(N)CCCCC)[C@@H](O)[C@H](O)[C@H]2O)[C@H](O)[C@@H](O)[C@@H]1O. The number of rotatable bonds is 14. The van der Waals surface area contributed by atoms with Gasteiger partial charge in [0.05, 0.1) is 24.8 Å². The molecule has 0 aromatic heterocycles. The third-order valence-electron chi connectivity index (χ3n) is 6.63. The summed E-state index contributed by atoms with van der Waals surface area (Å²) in [4.78, 5) is 8.42. The predicted molar refractivity (Wildman–Crippen MR) is 136 cm³/mol. The van der Waals surface area contributed by atoms with Crippen LogP contribution in [-0.2, 0) is 14.2 Å². The highest BCUT2D eigenvalue weighted by Crippen LogP contribution is 2.28. The minimum Gasteiger partial charge on any atom is -0.388 e. The highest BCUT2D eigenvalue weighted by molar-refractivity contribution is 5.80. The van der Waals surface area contributed by atoms with E-state index in [-0.39, 0.29) is 13.1 Å². The summed E-state index contributed by atoms with van der Waals surface area (Å²) in [6.45, 7) is 3.96. The highest BCUT2D eigenvalue weighted by atomic mass is 16.8. The van der Waals surface area contributed by atoms with Crippen molar-refractivity contribution in [3.63, 3.8) is 0 Å². The van der Waals surface area contributed by atoms with E-state index in [4.69, 9.17) is 25.7 Å². The molecule has 2 aliphatic rings. The van der Waals surface area contributed by atoms with Crippen molar-refractivity contribution >= 4 is 11.7 Å². The number of nitrogens with two attached hydrogens (primary N) is 2. The summed E-state index contributed by atoms with van der Waals surface area (Å²) in [5.41, 5.74) is 11.8. The number of aliphatic imine (C=N–C) groups is 2. The number of aliphatic hydroxyl groups excluding tert-OH is 6. The summed E-state index contributed by atoms with van der Waals surface area (Å²) in [5.74, 6) is 0.755. The molecule has 0 aliphatic carbocycles. The average Bonchev–Trinajstić information content (AvgIpc) is 2.88. The van der Waals surface area contributed by atoms with E-state index in [0.717, 1.165) is 38.5 Å². The van der Waals surface area contributed by atoms with E-state index in [1.807, 2.05) is 0 Å². The largest absolute Gasteiger partial charge is 0.388 e. The molecule has 0 radical (unpaired) electrons. The summed E-state index contributed by atoms with van der Waals surface area (Å²) in [5, 5.41) is 62.2. The summed E-state index contributed by atoms with van der Waals surface area (Å²) in [6.07, 6.45) is -7.84. The average molecular weight is 535 g/mol. The summed E-state index contributed by atoms with van der Waals surface area (Å²) >= 11 is 0. The lowest BCUT2D eigenvalue weighted by atomic mass is 9.97. The van der Waals surface area contributed by atoms with Gasteiger partial charge < -0.3 is 56.3 Å². The number of aliphatic hydroxyl groups is 6. The zero-order valence-corrected chi connectivity index (χ0v) is 21.8. The van der Waals surface area contributed by atoms with Crippen molar-refractivity contribution in [1.82, 2.24) is 0 Å². The molecular weight excluding hydrogens is 488 g/mol. The zero-order chi connectivity index (χ0) is 27.5. The molecule has 2 fully saturated rings. The van der Waals surface area contributed by atoms with Crippen molar-refractivity contribution in [2.24, 2.45) is 21.5 Å². The van der Waals surface area contributed by atoms with Crippen LogP contribution in [0.2, 0.25) is 0 Å². The van der Waals surface area contributed by atoms with Gasteiger partial charge in [-0.2, -0.15) is 0 Å². The number of hydrogen-bond donors (Lipinski definition) is 8. The molecule has 0 bridgehead atoms. The van der Waals surface area contributed by atoms with Gasteiger partial charge >= 0.3 is 0 Å². The summed E-state index contributed by atoms with van der Waals surface area (Å²) < 4.78 is 16.8. The van der Waals surface area contributed by atoms with Gasteiger partial charge in [-0.05, 0) is 12.8 Å². The molecule has 10 atom stereocenters. The first-order chi connectivity index (χ1) is 17.6. The smallest absolute Gasteiger partial charge is 0.189 e. The standard InChI is InChI=1S/C24H46N4O9/c1-3-5-7-9-15(25)27-11-13-17(29)19(31)21(33)23(35-13)37-24-22(34)20(32)18(30)14(36-24)12-28-16(26)10-8-6-4-2/h13-14,17-24,29-34H,3-12H2,1-2H3,(H2,25,27)(H2,26,28)/t13-,14-,17-,18-,19+,20+,21-,22-,23-,24-/m1/s1. The lowest BCUT2D eigenvalue weighted by molar-refractivity contribution is -0.371. The van der Waals surface area contributed by atoms with Gasteiger partial charge in [-0.1, -0.05) is 39.5 Å². The predicted octanol–water partition coefficient (Wildman–Crippen LogP) is -1.51. The third-order valence-corrected chi connectivity index (χ3v) is 6.63. The van der Waals surface area contributed by atoms with Crippen LogP contribution in [0.5, 0.6) is 0 Å². The maximum absolute atomic E-state index is 10.4. The quantitative estimate of drug-likeness (QED) is 0.0726. The zero-order valence-electron chi connectivity index (χ0n) is 21.8. The fourth-order valence-corrected chi connectivity index (χ4v) is 4.18. The van der Waals surface area contributed by atoms with Gasteiger partial charge in [0, 0.05) is 12.8 Å². The monoisotopic (exact) mass is 534 g/mol. The lowest BCUT2D eigenvalue weighted by Crippen LogP contribution is -2.63. The first-order valence-corrected chi connectivity index (χ1v) is 13.2. The molecule has 13 nitrogen and oxygen atoms in total. The van der Waals surface area contributed by atoms with E-state index in [0.29, 0.717) is 24.5 Å². The Kier molecular flexibility index (Phi) is 13.6. The van der Waals surface area contributed by atoms with E-state index in [1.165, 1.54) is 0 Å². The van der Waals surface area contributed by atoms with Crippen molar-refractivity contribution in [3.8, 4) is 0 Å². The Morgan fingerprint density at radius 2 is 1.00 bits per heavy atom. The molecule has 0 amide bonds. The van der Waals surface area contributed by atoms with Crippen LogP contribution in [0.4, 0.5) is 0 Å². The van der Waals surface area contributed by atoms with E-state index < -0.39 is 61.4 Å². The molecule has 0 aromatic carbocycles. The molecule has 10 N–H and O–H groups in total. The van der Waals surface area contributed by atoms with Crippen LogP contribution in [0.25, 0.3) is 0 Å². The number of nitrogens with zero attached hydrogens (tertiary/aromatic N) is 2. The van der Waals surface area contributed by atoms with E-state index in [2.05, 4.69) is 23.8 Å². The second-order valence-electron chi connectivity index (χ2n) is 9.74. The van der Waals surface area contributed by atoms with E-state index in [1.54, 1.807) is 0 Å². The Labute approximate surface area is 218 Å². The Bertz CT molecular complexity index is 670. The molecule has 0 spiro atoms. The van der Waals surface area contributed by atoms with Gasteiger partial charge in [0.25, 0.3) is 0 Å². The normalized spacial score (nSPS) is 37.6. The molecule has 13 heteroatoms. The first kappa shape index (κ1) is 31.8. The Morgan fingerprint density at radius 3 is 1.35 bits per heavy atom. The molecule has 0 unspecified atom stereocenters. The fourth-order valence-electron chi connectivity index (χ4n) is 4.18. The van der Waals surface area contributed by atoms with Gasteiger partial charge in [-0.25, -0.2) is 0 Å². The second kappa shape index (κ2) is 15.9. The molecule has 37 heavy (non-hydrogen) atoms. The topological polar surface area (TPSA) is 226 Å². The molecule has 2 heterocycles.